The monoisotopic (exact) mass is 626 g/mol. The zero-order valence-corrected chi connectivity index (χ0v) is 26.0. The van der Waals surface area contributed by atoms with Crippen LogP contribution in [0.4, 0.5) is 5.82 Å². The number of fused-ring (bicyclic) bond motifs is 1. The Morgan fingerprint density at radius 3 is 2.33 bits per heavy atom. The van der Waals surface area contributed by atoms with Gasteiger partial charge in [-0.15, -0.1) is 0 Å². The number of amides is 1. The van der Waals surface area contributed by atoms with E-state index in [0.717, 1.165) is 0 Å². The summed E-state index contributed by atoms with van der Waals surface area (Å²) in [5, 5.41) is 3.41. The Kier molecular flexibility index (Phi) is 9.33. The highest BCUT2D eigenvalue weighted by Crippen LogP contribution is 2.36. The number of hydrogen-bond acceptors (Lipinski definition) is 10. The van der Waals surface area contributed by atoms with Crippen LogP contribution in [0.1, 0.15) is 29.9 Å². The van der Waals surface area contributed by atoms with Gasteiger partial charge in [0.05, 0.1) is 37.3 Å². The number of nitrogens with two attached hydrogens (primary N) is 1. The first-order valence-corrected chi connectivity index (χ1v) is 14.4. The molecule has 46 heavy (non-hydrogen) atoms. The number of rotatable bonds is 11. The summed E-state index contributed by atoms with van der Waals surface area (Å²) in [5.74, 6) is 0.918. The van der Waals surface area contributed by atoms with E-state index in [4.69, 9.17) is 24.7 Å². The molecule has 1 amide bonds. The van der Waals surface area contributed by atoms with Crippen molar-refractivity contribution >= 4 is 28.6 Å². The van der Waals surface area contributed by atoms with Gasteiger partial charge in [0, 0.05) is 31.1 Å². The number of anilines is 1. The molecule has 3 aromatic heterocycles. The van der Waals surface area contributed by atoms with Crippen LogP contribution < -0.4 is 30.8 Å². The lowest BCUT2D eigenvalue weighted by Crippen LogP contribution is -2.32. The summed E-state index contributed by atoms with van der Waals surface area (Å²) >= 11 is 0. The van der Waals surface area contributed by atoms with Crippen LogP contribution in [0, 0.1) is 0 Å². The number of ether oxygens (including phenoxy) is 4. The SMILES string of the molecule is COc1cc2nccc(Oc3ccc(NC(=O)c4c(CC(C)OC(=O)[C@H](C)N)n(C)n(-c5ccccc5)c4=O)nc3)c2cc1OC. The second kappa shape index (κ2) is 13.5. The second-order valence-electron chi connectivity index (χ2n) is 10.5. The molecule has 0 spiro atoms. The minimum atomic E-state index is -0.815. The molecule has 0 aliphatic rings. The third-order valence-corrected chi connectivity index (χ3v) is 7.20. The Morgan fingerprint density at radius 2 is 1.67 bits per heavy atom. The van der Waals surface area contributed by atoms with Gasteiger partial charge in [0.25, 0.3) is 11.5 Å². The van der Waals surface area contributed by atoms with Gasteiger partial charge in [-0.2, -0.15) is 0 Å². The molecule has 13 heteroatoms. The van der Waals surface area contributed by atoms with Crippen molar-refractivity contribution in [1.29, 1.82) is 0 Å². The predicted molar refractivity (Wildman–Crippen MR) is 171 cm³/mol. The minimum absolute atomic E-state index is 0.0868. The van der Waals surface area contributed by atoms with Crippen LogP contribution in [-0.4, -0.2) is 57.6 Å². The maximum atomic E-state index is 13.7. The Bertz CT molecular complexity index is 1930. The summed E-state index contributed by atoms with van der Waals surface area (Å²) in [6.07, 6.45) is 2.49. The maximum Gasteiger partial charge on any atom is 0.322 e. The fourth-order valence-electron chi connectivity index (χ4n) is 4.95. The molecule has 0 saturated heterocycles. The summed E-state index contributed by atoms with van der Waals surface area (Å²) in [7, 11) is 4.76. The first-order chi connectivity index (χ1) is 22.1. The molecule has 2 atom stereocenters. The van der Waals surface area contributed by atoms with E-state index >= 15 is 0 Å². The first-order valence-electron chi connectivity index (χ1n) is 14.4. The van der Waals surface area contributed by atoms with Crippen LogP contribution >= 0.6 is 0 Å². The van der Waals surface area contributed by atoms with Gasteiger partial charge < -0.3 is 30.0 Å². The van der Waals surface area contributed by atoms with E-state index in [0.29, 0.717) is 45.3 Å². The van der Waals surface area contributed by atoms with Crippen LogP contribution in [-0.2, 0) is 23.0 Å². The smallest absolute Gasteiger partial charge is 0.322 e. The number of benzene rings is 2. The average molecular weight is 627 g/mol. The highest BCUT2D eigenvalue weighted by molar-refractivity contribution is 6.04. The van der Waals surface area contributed by atoms with Crippen molar-refractivity contribution in [3.05, 3.63) is 94.7 Å². The van der Waals surface area contributed by atoms with Gasteiger partial charge in [0.15, 0.2) is 11.5 Å². The van der Waals surface area contributed by atoms with Crippen molar-refractivity contribution in [2.45, 2.75) is 32.4 Å². The molecular weight excluding hydrogens is 592 g/mol. The lowest BCUT2D eigenvalue weighted by atomic mass is 10.1. The summed E-state index contributed by atoms with van der Waals surface area (Å²) in [6, 6.07) is 16.5. The molecule has 3 heterocycles. The molecule has 0 fully saturated rings. The summed E-state index contributed by atoms with van der Waals surface area (Å²) in [5.41, 5.74) is 6.58. The molecule has 0 radical (unpaired) electrons. The molecule has 0 saturated carbocycles. The van der Waals surface area contributed by atoms with Crippen LogP contribution in [0.15, 0.2) is 77.9 Å². The normalized spacial score (nSPS) is 12.3. The molecule has 0 aliphatic carbocycles. The van der Waals surface area contributed by atoms with Crippen molar-refractivity contribution < 1.29 is 28.5 Å². The molecule has 3 N–H and O–H groups in total. The quantitative estimate of drug-likeness (QED) is 0.205. The third-order valence-electron chi connectivity index (χ3n) is 7.20. The first kappa shape index (κ1) is 31.7. The Labute approximate surface area is 264 Å². The van der Waals surface area contributed by atoms with E-state index in [2.05, 4.69) is 15.3 Å². The molecule has 0 bridgehead atoms. The van der Waals surface area contributed by atoms with Gasteiger partial charge in [-0.05, 0) is 50.2 Å². The van der Waals surface area contributed by atoms with E-state index < -0.39 is 29.6 Å². The van der Waals surface area contributed by atoms with Crippen LogP contribution in [0.3, 0.4) is 0 Å². The standard InChI is InChI=1S/C33H34N6O7/c1-19(45-33(42)20(2)34)15-25-30(32(41)39(38(25)3)21-9-7-6-8-10-21)31(40)37-29-12-11-22(18-36-29)46-26-13-14-35-24-17-28(44-5)27(43-4)16-23(24)26/h6-14,16-20H,15,34H2,1-5H3,(H,36,37,40)/t19?,20-/m0/s1. The lowest BCUT2D eigenvalue weighted by molar-refractivity contribution is -0.149. The van der Waals surface area contributed by atoms with Crippen molar-refractivity contribution in [3.8, 4) is 28.7 Å². The predicted octanol–water partition coefficient (Wildman–Crippen LogP) is 4.00. The number of carbonyl (C=O) groups is 2. The van der Waals surface area contributed by atoms with Crippen LogP contribution in [0.25, 0.3) is 16.6 Å². The number of para-hydroxylation sites is 1. The van der Waals surface area contributed by atoms with Gasteiger partial charge in [-0.3, -0.25) is 24.0 Å². The highest BCUT2D eigenvalue weighted by Gasteiger charge is 2.27. The van der Waals surface area contributed by atoms with Gasteiger partial charge in [-0.1, -0.05) is 18.2 Å². The van der Waals surface area contributed by atoms with E-state index in [-0.39, 0.29) is 17.8 Å². The fourth-order valence-corrected chi connectivity index (χ4v) is 4.95. The molecule has 13 nitrogen and oxygen atoms in total. The molecule has 2 aromatic carbocycles. The molecule has 1 unspecified atom stereocenters. The number of aromatic nitrogens is 4. The minimum Gasteiger partial charge on any atom is -0.493 e. The number of nitrogens with zero attached hydrogens (tertiary/aromatic N) is 4. The third kappa shape index (κ3) is 6.54. The number of pyridine rings is 2. The van der Waals surface area contributed by atoms with Crippen molar-refractivity contribution in [2.24, 2.45) is 12.8 Å². The summed E-state index contributed by atoms with van der Waals surface area (Å²) < 4.78 is 25.3. The zero-order chi connectivity index (χ0) is 33.0. The highest BCUT2D eigenvalue weighted by atomic mass is 16.5. The van der Waals surface area contributed by atoms with E-state index in [9.17, 15) is 14.4 Å². The van der Waals surface area contributed by atoms with Gasteiger partial charge in [0.2, 0.25) is 0 Å². The van der Waals surface area contributed by atoms with Crippen molar-refractivity contribution in [2.75, 3.05) is 19.5 Å². The summed E-state index contributed by atoms with van der Waals surface area (Å²) in [6.45, 7) is 3.19. The van der Waals surface area contributed by atoms with Gasteiger partial charge >= 0.3 is 5.97 Å². The number of methoxy groups -OCH3 is 2. The largest absolute Gasteiger partial charge is 0.493 e. The molecular formula is C33H34N6O7. The topological polar surface area (TPSA) is 162 Å². The van der Waals surface area contributed by atoms with Crippen molar-refractivity contribution in [3.63, 3.8) is 0 Å². The fraction of sp³-hybridized carbons (Fsp3) is 0.242. The number of carbonyl (C=O) groups excluding carboxylic acids is 2. The maximum absolute atomic E-state index is 13.7. The van der Waals surface area contributed by atoms with Gasteiger partial charge in [0.1, 0.15) is 35.0 Å². The molecule has 238 valence electrons. The van der Waals surface area contributed by atoms with Gasteiger partial charge in [-0.25, -0.2) is 9.67 Å². The zero-order valence-electron chi connectivity index (χ0n) is 26.0. The Hall–Kier alpha value is -5.69. The molecule has 0 aliphatic heterocycles. The number of hydrogen-bond donors (Lipinski definition) is 2. The van der Waals surface area contributed by atoms with E-state index in [1.165, 1.54) is 17.8 Å². The average Bonchev–Trinajstić information content (AvgIpc) is 3.29. The van der Waals surface area contributed by atoms with Crippen molar-refractivity contribution in [1.82, 2.24) is 19.3 Å². The Morgan fingerprint density at radius 1 is 0.957 bits per heavy atom. The second-order valence-corrected chi connectivity index (χ2v) is 10.5. The lowest BCUT2D eigenvalue weighted by Gasteiger charge is -2.17. The Balaban J connectivity index is 1.41. The molecule has 5 aromatic rings. The van der Waals surface area contributed by atoms with Crippen LogP contribution in [0.2, 0.25) is 0 Å². The summed E-state index contributed by atoms with van der Waals surface area (Å²) in [4.78, 5) is 48.2. The van der Waals surface area contributed by atoms with Crippen LogP contribution in [0.5, 0.6) is 23.0 Å². The van der Waals surface area contributed by atoms with E-state index in [1.807, 2.05) is 6.07 Å². The van der Waals surface area contributed by atoms with E-state index in [1.54, 1.807) is 93.7 Å². The number of esters is 1. The molecule has 5 rings (SSSR count). The number of nitrogens with one attached hydrogen (secondary N) is 1.